The maximum atomic E-state index is 12.0. The summed E-state index contributed by atoms with van der Waals surface area (Å²) in [4.78, 5) is 67.8. The van der Waals surface area contributed by atoms with Crippen LogP contribution in [0.2, 0.25) is 0 Å². The van der Waals surface area contributed by atoms with Crippen LogP contribution in [0.25, 0.3) is 0 Å². The Morgan fingerprint density at radius 1 is 0.786 bits per heavy atom. The van der Waals surface area contributed by atoms with Gasteiger partial charge in [0.15, 0.2) is 0 Å². The zero-order valence-corrected chi connectivity index (χ0v) is 15.3. The van der Waals surface area contributed by atoms with Crippen LogP contribution in [0.1, 0.15) is 33.1 Å². The number of nitrogens with two attached hydrogens (primary N) is 1. The van der Waals surface area contributed by atoms with Gasteiger partial charge < -0.3 is 37.0 Å². The second-order valence-corrected chi connectivity index (χ2v) is 6.00. The molecule has 3 amide bonds. The fourth-order valence-electron chi connectivity index (χ4n) is 1.89. The first kappa shape index (κ1) is 24.8. The number of aliphatic carboxylic acids is 3. The predicted molar refractivity (Wildman–Crippen MR) is 91.9 cm³/mol. The lowest BCUT2D eigenvalue weighted by Crippen LogP contribution is -2.55. The van der Waals surface area contributed by atoms with Gasteiger partial charge in [-0.3, -0.25) is 24.0 Å². The molecule has 0 aromatic rings. The van der Waals surface area contributed by atoms with E-state index in [0.29, 0.717) is 0 Å². The van der Waals surface area contributed by atoms with E-state index in [9.17, 15) is 28.8 Å². The van der Waals surface area contributed by atoms with Gasteiger partial charge in [0.1, 0.15) is 18.1 Å². The first-order valence-electron chi connectivity index (χ1n) is 8.18. The van der Waals surface area contributed by atoms with Crippen LogP contribution in [0.5, 0.6) is 0 Å². The summed E-state index contributed by atoms with van der Waals surface area (Å²) in [6.45, 7) is 2.53. The number of carboxylic acid groups (broad SMARTS) is 3. The molecule has 8 N–H and O–H groups in total. The van der Waals surface area contributed by atoms with Crippen molar-refractivity contribution in [2.75, 3.05) is 0 Å². The van der Waals surface area contributed by atoms with E-state index in [2.05, 4.69) is 16.0 Å². The Labute approximate surface area is 159 Å². The quantitative estimate of drug-likeness (QED) is 0.177. The zero-order valence-electron chi connectivity index (χ0n) is 15.3. The van der Waals surface area contributed by atoms with E-state index in [-0.39, 0.29) is 6.42 Å². The van der Waals surface area contributed by atoms with Crippen molar-refractivity contribution < 1.29 is 44.1 Å². The van der Waals surface area contributed by atoms with Gasteiger partial charge in [0.25, 0.3) is 0 Å². The minimum atomic E-state index is -1.45. The summed E-state index contributed by atoms with van der Waals surface area (Å²) in [6.07, 6.45) is -1.45. The van der Waals surface area contributed by atoms with Crippen molar-refractivity contribution in [1.29, 1.82) is 0 Å². The highest BCUT2D eigenvalue weighted by molar-refractivity contribution is 5.94. The Balaban J connectivity index is 4.66. The normalized spacial score (nSPS) is 14.7. The molecule has 0 bridgehead atoms. The van der Waals surface area contributed by atoms with Gasteiger partial charge in [0.2, 0.25) is 17.7 Å². The van der Waals surface area contributed by atoms with Crippen molar-refractivity contribution in [1.82, 2.24) is 16.0 Å². The summed E-state index contributed by atoms with van der Waals surface area (Å²) < 4.78 is 0. The van der Waals surface area contributed by atoms with Crippen LogP contribution < -0.4 is 21.7 Å². The van der Waals surface area contributed by atoms with E-state index in [1.54, 1.807) is 0 Å². The Bertz CT molecular complexity index is 637. The fourth-order valence-corrected chi connectivity index (χ4v) is 1.89. The van der Waals surface area contributed by atoms with Gasteiger partial charge in [-0.1, -0.05) is 0 Å². The van der Waals surface area contributed by atoms with E-state index >= 15 is 0 Å². The number of rotatable bonds is 12. The second kappa shape index (κ2) is 11.5. The van der Waals surface area contributed by atoms with Crippen LogP contribution in [0.15, 0.2) is 0 Å². The molecule has 4 unspecified atom stereocenters. The Kier molecular flexibility index (Phi) is 10.2. The molecule has 13 heteroatoms. The number of hydrogen-bond donors (Lipinski definition) is 7. The van der Waals surface area contributed by atoms with Crippen LogP contribution in [-0.4, -0.2) is 75.1 Å². The maximum absolute atomic E-state index is 12.0. The molecule has 13 nitrogen and oxygen atoms in total. The van der Waals surface area contributed by atoms with E-state index in [1.165, 1.54) is 13.8 Å². The molecule has 0 saturated carbocycles. The number of carbonyl (C=O) groups is 6. The Hall–Kier alpha value is -3.22. The number of carboxylic acids is 3. The summed E-state index contributed by atoms with van der Waals surface area (Å²) in [6, 6.07) is -5.15. The van der Waals surface area contributed by atoms with Gasteiger partial charge in [-0.2, -0.15) is 0 Å². The summed E-state index contributed by atoms with van der Waals surface area (Å²) in [7, 11) is 0. The van der Waals surface area contributed by atoms with Gasteiger partial charge >= 0.3 is 17.9 Å². The molecule has 0 aliphatic heterocycles. The van der Waals surface area contributed by atoms with Crippen LogP contribution in [0, 0.1) is 0 Å². The van der Waals surface area contributed by atoms with E-state index in [1.807, 2.05) is 0 Å². The molecule has 0 aromatic heterocycles. The van der Waals surface area contributed by atoms with Crippen LogP contribution in [0.3, 0.4) is 0 Å². The largest absolute Gasteiger partial charge is 0.481 e. The molecular formula is C15H24N4O9. The summed E-state index contributed by atoms with van der Waals surface area (Å²) in [5.41, 5.74) is 5.36. The number of hydrogen-bond acceptors (Lipinski definition) is 7. The van der Waals surface area contributed by atoms with Crippen molar-refractivity contribution in [3.05, 3.63) is 0 Å². The molecule has 158 valence electrons. The van der Waals surface area contributed by atoms with E-state index in [0.717, 1.165) is 0 Å². The summed E-state index contributed by atoms with van der Waals surface area (Å²) >= 11 is 0. The van der Waals surface area contributed by atoms with Crippen molar-refractivity contribution in [2.45, 2.75) is 57.3 Å². The lowest BCUT2D eigenvalue weighted by atomic mass is 10.1. The molecule has 0 aliphatic carbocycles. The van der Waals surface area contributed by atoms with Gasteiger partial charge in [0.05, 0.1) is 12.5 Å². The average molecular weight is 404 g/mol. The van der Waals surface area contributed by atoms with Crippen LogP contribution in [-0.2, 0) is 28.8 Å². The van der Waals surface area contributed by atoms with Gasteiger partial charge in [-0.15, -0.1) is 0 Å². The standard InChI is InChI=1S/C15H24N4O9/c1-6(18-14(26)8(16)5-11(22)23)12(24)17-7(2)13(25)19-9(15(27)28)3-4-10(20)21/h6-9H,3-5,16H2,1-2H3,(H,17,24)(H,18,26)(H,19,25)(H,20,21)(H,22,23)(H,27,28). The molecule has 0 saturated heterocycles. The average Bonchev–Trinajstić information content (AvgIpc) is 2.56. The first-order valence-corrected chi connectivity index (χ1v) is 8.18. The van der Waals surface area contributed by atoms with Crippen molar-refractivity contribution in [3.63, 3.8) is 0 Å². The number of carbonyl (C=O) groups excluding carboxylic acids is 3. The summed E-state index contributed by atoms with van der Waals surface area (Å²) in [5.74, 6) is -6.49. The monoisotopic (exact) mass is 404 g/mol. The molecule has 4 atom stereocenters. The van der Waals surface area contributed by atoms with Crippen molar-refractivity contribution >= 4 is 35.6 Å². The molecule has 0 heterocycles. The minimum absolute atomic E-state index is 0.342. The highest BCUT2D eigenvalue weighted by Gasteiger charge is 2.27. The third-order valence-corrected chi connectivity index (χ3v) is 3.50. The van der Waals surface area contributed by atoms with Crippen LogP contribution >= 0.6 is 0 Å². The lowest BCUT2D eigenvalue weighted by Gasteiger charge is -2.21. The number of nitrogens with one attached hydrogen (secondary N) is 3. The Morgan fingerprint density at radius 2 is 1.25 bits per heavy atom. The van der Waals surface area contributed by atoms with Gasteiger partial charge in [0, 0.05) is 6.42 Å². The van der Waals surface area contributed by atoms with Crippen molar-refractivity contribution in [3.8, 4) is 0 Å². The molecule has 0 aromatic carbocycles. The minimum Gasteiger partial charge on any atom is -0.481 e. The molecule has 0 aliphatic rings. The summed E-state index contributed by atoms with van der Waals surface area (Å²) in [5, 5.41) is 32.7. The SMILES string of the molecule is CC(NC(=O)C(N)CC(=O)O)C(=O)NC(C)C(=O)NC(CCC(=O)O)C(=O)O. The topological polar surface area (TPSA) is 225 Å². The second-order valence-electron chi connectivity index (χ2n) is 6.00. The molecule has 0 rings (SSSR count). The smallest absolute Gasteiger partial charge is 0.326 e. The number of amides is 3. The van der Waals surface area contributed by atoms with E-state index in [4.69, 9.17) is 21.1 Å². The third-order valence-electron chi connectivity index (χ3n) is 3.50. The van der Waals surface area contributed by atoms with Crippen molar-refractivity contribution in [2.24, 2.45) is 5.73 Å². The lowest BCUT2D eigenvalue weighted by molar-refractivity contribution is -0.143. The Morgan fingerprint density at radius 3 is 1.68 bits per heavy atom. The fraction of sp³-hybridized carbons (Fsp3) is 0.600. The third kappa shape index (κ3) is 9.47. The highest BCUT2D eigenvalue weighted by Crippen LogP contribution is 1.99. The molecule has 0 spiro atoms. The van der Waals surface area contributed by atoms with Crippen LogP contribution in [0.4, 0.5) is 0 Å². The highest BCUT2D eigenvalue weighted by atomic mass is 16.4. The molecule has 0 radical (unpaired) electrons. The van der Waals surface area contributed by atoms with E-state index < -0.39 is 72.6 Å². The first-order chi connectivity index (χ1) is 12.8. The molecule has 0 fully saturated rings. The zero-order chi connectivity index (χ0) is 22.0. The maximum Gasteiger partial charge on any atom is 0.326 e. The molecule has 28 heavy (non-hydrogen) atoms. The van der Waals surface area contributed by atoms with Gasteiger partial charge in [-0.05, 0) is 20.3 Å². The van der Waals surface area contributed by atoms with Gasteiger partial charge in [-0.25, -0.2) is 4.79 Å². The predicted octanol–water partition coefficient (Wildman–Crippen LogP) is -2.77. The molecular weight excluding hydrogens is 380 g/mol.